The average molecular weight is 318 g/mol. The van der Waals surface area contributed by atoms with E-state index in [1.807, 2.05) is 0 Å². The van der Waals surface area contributed by atoms with Gasteiger partial charge in [0.15, 0.2) is 0 Å². The van der Waals surface area contributed by atoms with Crippen molar-refractivity contribution in [2.24, 2.45) is 4.99 Å². The van der Waals surface area contributed by atoms with Gasteiger partial charge in [0.2, 0.25) is 5.91 Å². The molecule has 1 amide bonds. The van der Waals surface area contributed by atoms with Crippen LogP contribution in [0.15, 0.2) is 53.5 Å². The quantitative estimate of drug-likeness (QED) is 0.792. The number of hydrogen-bond donors (Lipinski definition) is 0. The lowest BCUT2D eigenvalue weighted by molar-refractivity contribution is -0.137. The van der Waals surface area contributed by atoms with Crippen molar-refractivity contribution in [2.75, 3.05) is 18.5 Å². The van der Waals surface area contributed by atoms with Gasteiger partial charge in [-0.25, -0.2) is 0 Å². The number of carbonyl (C=O) groups excluding carboxylic acids is 1. The molecule has 0 fully saturated rings. The standard InChI is InChI=1S/C17H13F3N2O/c1-22-14-8-3-2-7-13(14)16(21-10-15(22)23)11-5-4-6-12(9-11)17(18,19)20/h2-9H,10H2,1H3. The number of para-hydroxylation sites is 1. The third-order valence-corrected chi connectivity index (χ3v) is 3.73. The highest BCUT2D eigenvalue weighted by atomic mass is 19.4. The number of hydrogen-bond acceptors (Lipinski definition) is 2. The Kier molecular flexibility index (Phi) is 3.67. The lowest BCUT2D eigenvalue weighted by atomic mass is 9.98. The fourth-order valence-electron chi connectivity index (χ4n) is 2.53. The number of benzene rings is 2. The van der Waals surface area contributed by atoms with Crippen LogP contribution in [-0.4, -0.2) is 25.2 Å². The fourth-order valence-corrected chi connectivity index (χ4v) is 2.53. The third-order valence-electron chi connectivity index (χ3n) is 3.73. The largest absolute Gasteiger partial charge is 0.416 e. The molecule has 2 aromatic carbocycles. The summed E-state index contributed by atoms with van der Waals surface area (Å²) in [5, 5.41) is 0. The topological polar surface area (TPSA) is 32.7 Å². The number of amides is 1. The average Bonchev–Trinajstić information content (AvgIpc) is 2.65. The van der Waals surface area contributed by atoms with Crippen LogP contribution >= 0.6 is 0 Å². The van der Waals surface area contributed by atoms with Crippen molar-refractivity contribution in [2.45, 2.75) is 6.18 Å². The maximum absolute atomic E-state index is 12.9. The van der Waals surface area contributed by atoms with Gasteiger partial charge in [0, 0.05) is 18.2 Å². The summed E-state index contributed by atoms with van der Waals surface area (Å²) in [4.78, 5) is 17.7. The molecule has 0 radical (unpaired) electrons. The number of halogens is 3. The summed E-state index contributed by atoms with van der Waals surface area (Å²) in [5.41, 5.74) is 1.27. The van der Waals surface area contributed by atoms with Crippen molar-refractivity contribution < 1.29 is 18.0 Å². The maximum Gasteiger partial charge on any atom is 0.416 e. The van der Waals surface area contributed by atoms with E-state index in [0.29, 0.717) is 22.5 Å². The molecule has 0 unspecified atom stereocenters. The van der Waals surface area contributed by atoms with E-state index in [1.165, 1.54) is 11.0 Å². The Morgan fingerprint density at radius 3 is 2.57 bits per heavy atom. The van der Waals surface area contributed by atoms with Gasteiger partial charge in [-0.15, -0.1) is 0 Å². The molecule has 3 rings (SSSR count). The lowest BCUT2D eigenvalue weighted by Gasteiger charge is -2.17. The summed E-state index contributed by atoms with van der Waals surface area (Å²) < 4.78 is 38.8. The number of fused-ring (bicyclic) bond motifs is 1. The number of benzodiazepines with no additional fused rings is 1. The summed E-state index contributed by atoms with van der Waals surface area (Å²) in [7, 11) is 1.63. The highest BCUT2D eigenvalue weighted by Gasteiger charge is 2.31. The van der Waals surface area contributed by atoms with Crippen molar-refractivity contribution in [3.63, 3.8) is 0 Å². The Morgan fingerprint density at radius 2 is 1.83 bits per heavy atom. The first-order valence-electron chi connectivity index (χ1n) is 6.96. The van der Waals surface area contributed by atoms with E-state index < -0.39 is 11.7 Å². The first-order valence-corrected chi connectivity index (χ1v) is 6.96. The number of likely N-dealkylation sites (N-methyl/N-ethyl adjacent to an activating group) is 1. The second-order valence-electron chi connectivity index (χ2n) is 5.21. The maximum atomic E-state index is 12.9. The van der Waals surface area contributed by atoms with Crippen LogP contribution in [0.1, 0.15) is 16.7 Å². The van der Waals surface area contributed by atoms with Crippen LogP contribution in [-0.2, 0) is 11.0 Å². The zero-order valence-electron chi connectivity index (χ0n) is 12.3. The summed E-state index contributed by atoms with van der Waals surface area (Å²) in [6.07, 6.45) is -4.42. The van der Waals surface area contributed by atoms with E-state index in [9.17, 15) is 18.0 Å². The molecule has 0 saturated heterocycles. The zero-order chi connectivity index (χ0) is 16.6. The van der Waals surface area contributed by atoms with Gasteiger partial charge in [-0.1, -0.05) is 30.3 Å². The molecule has 2 aromatic rings. The second-order valence-corrected chi connectivity index (χ2v) is 5.21. The molecule has 0 spiro atoms. The van der Waals surface area contributed by atoms with Gasteiger partial charge in [-0.05, 0) is 18.2 Å². The first kappa shape index (κ1) is 15.3. The molecule has 1 aliphatic rings. The molecule has 0 aliphatic carbocycles. The Morgan fingerprint density at radius 1 is 1.09 bits per heavy atom. The molecule has 0 bridgehead atoms. The Bertz CT molecular complexity index is 796. The van der Waals surface area contributed by atoms with Gasteiger partial charge in [0.05, 0.1) is 17.0 Å². The molecular weight excluding hydrogens is 305 g/mol. The first-order chi connectivity index (χ1) is 10.9. The Balaban J connectivity index is 2.16. The smallest absolute Gasteiger partial charge is 0.313 e. The van der Waals surface area contributed by atoms with Crippen LogP contribution in [0, 0.1) is 0 Å². The summed E-state index contributed by atoms with van der Waals surface area (Å²) in [6.45, 7) is -0.100. The molecule has 6 heteroatoms. The van der Waals surface area contributed by atoms with E-state index >= 15 is 0 Å². The van der Waals surface area contributed by atoms with Crippen LogP contribution in [0.2, 0.25) is 0 Å². The van der Waals surface area contributed by atoms with E-state index in [4.69, 9.17) is 0 Å². The van der Waals surface area contributed by atoms with Crippen molar-refractivity contribution in [3.8, 4) is 0 Å². The predicted octanol–water partition coefficient (Wildman–Crippen LogP) is 3.52. The minimum atomic E-state index is -4.42. The van der Waals surface area contributed by atoms with Gasteiger partial charge in [0.25, 0.3) is 0 Å². The molecule has 1 heterocycles. The van der Waals surface area contributed by atoms with Crippen molar-refractivity contribution in [1.82, 2.24) is 0 Å². The molecule has 3 nitrogen and oxygen atoms in total. The zero-order valence-corrected chi connectivity index (χ0v) is 12.3. The van der Waals surface area contributed by atoms with Crippen LogP contribution in [0.25, 0.3) is 0 Å². The number of anilines is 1. The van der Waals surface area contributed by atoms with E-state index in [-0.39, 0.29) is 12.5 Å². The van der Waals surface area contributed by atoms with Crippen LogP contribution in [0.3, 0.4) is 0 Å². The fraction of sp³-hybridized carbons (Fsp3) is 0.176. The monoisotopic (exact) mass is 318 g/mol. The second kappa shape index (κ2) is 5.53. The summed E-state index contributed by atoms with van der Waals surface area (Å²) in [5.74, 6) is -0.209. The van der Waals surface area contributed by atoms with Gasteiger partial charge in [-0.2, -0.15) is 13.2 Å². The normalized spacial score (nSPS) is 15.0. The molecule has 0 N–H and O–H groups in total. The van der Waals surface area contributed by atoms with E-state index in [2.05, 4.69) is 4.99 Å². The van der Waals surface area contributed by atoms with Crippen molar-refractivity contribution in [3.05, 3.63) is 65.2 Å². The summed E-state index contributed by atoms with van der Waals surface area (Å²) in [6, 6.07) is 12.0. The molecule has 0 saturated carbocycles. The molecule has 23 heavy (non-hydrogen) atoms. The van der Waals surface area contributed by atoms with Gasteiger partial charge < -0.3 is 4.90 Å². The number of rotatable bonds is 1. The SMILES string of the molecule is CN1C(=O)CN=C(c2cccc(C(F)(F)F)c2)c2ccccc21. The third kappa shape index (κ3) is 2.84. The van der Waals surface area contributed by atoms with Crippen molar-refractivity contribution in [1.29, 1.82) is 0 Å². The Labute approximate surface area is 131 Å². The predicted molar refractivity (Wildman–Crippen MR) is 81.8 cm³/mol. The molecule has 0 atom stereocenters. The molecule has 0 aromatic heterocycles. The molecule has 1 aliphatic heterocycles. The summed E-state index contributed by atoms with van der Waals surface area (Å²) >= 11 is 0. The highest BCUT2D eigenvalue weighted by molar-refractivity contribution is 6.19. The van der Waals surface area contributed by atoms with Gasteiger partial charge >= 0.3 is 6.18 Å². The van der Waals surface area contributed by atoms with Gasteiger partial charge in [-0.3, -0.25) is 9.79 Å². The number of alkyl halides is 3. The van der Waals surface area contributed by atoms with Crippen LogP contribution in [0.5, 0.6) is 0 Å². The Hall–Kier alpha value is -2.63. The molecule has 118 valence electrons. The lowest BCUT2D eigenvalue weighted by Crippen LogP contribution is -2.27. The minimum absolute atomic E-state index is 0.100. The number of nitrogens with zero attached hydrogens (tertiary/aromatic N) is 2. The highest BCUT2D eigenvalue weighted by Crippen LogP contribution is 2.31. The number of carbonyl (C=O) groups is 1. The van der Waals surface area contributed by atoms with Crippen LogP contribution < -0.4 is 4.90 Å². The number of aliphatic imine (C=N–C) groups is 1. The van der Waals surface area contributed by atoms with E-state index in [1.54, 1.807) is 37.4 Å². The van der Waals surface area contributed by atoms with E-state index in [0.717, 1.165) is 12.1 Å². The van der Waals surface area contributed by atoms with Crippen LogP contribution in [0.4, 0.5) is 18.9 Å². The molecular formula is C17H13F3N2O. The van der Waals surface area contributed by atoms with Gasteiger partial charge in [0.1, 0.15) is 6.54 Å². The minimum Gasteiger partial charge on any atom is -0.313 e. The van der Waals surface area contributed by atoms with Crippen molar-refractivity contribution >= 4 is 17.3 Å².